The van der Waals surface area contributed by atoms with Gasteiger partial charge in [-0.15, -0.1) is 11.3 Å². The zero-order chi connectivity index (χ0) is 17.2. The molecular weight excluding hydrogens is 334 g/mol. The van der Waals surface area contributed by atoms with E-state index in [1.807, 2.05) is 23.2 Å². The third-order valence-corrected chi connectivity index (χ3v) is 6.06. The minimum absolute atomic E-state index is 0.0302. The van der Waals surface area contributed by atoms with Crippen LogP contribution >= 0.6 is 11.3 Å². The Morgan fingerprint density at radius 1 is 1.36 bits per heavy atom. The van der Waals surface area contributed by atoms with E-state index in [0.717, 1.165) is 24.9 Å². The number of hydrogen-bond acceptors (Lipinski definition) is 4. The Morgan fingerprint density at radius 2 is 2.28 bits per heavy atom. The summed E-state index contributed by atoms with van der Waals surface area (Å²) in [5, 5.41) is 5.01. The maximum Gasteiger partial charge on any atom is 0.224 e. The highest BCUT2D eigenvalue weighted by Gasteiger charge is 2.43. The molecule has 2 aromatic heterocycles. The molecule has 2 unspecified atom stereocenters. The summed E-state index contributed by atoms with van der Waals surface area (Å²) in [7, 11) is 0. The standard InChI is InChI=1S/C19H21N3O2S/c23-18(22-8-4-17-14(12-22)5-9-25-17)3-7-21-19(24)16-10-15(16)13-2-1-6-20-11-13/h1-2,5-6,9,11,15-16H,3-4,7-8,10,12H2,(H,21,24). The Kier molecular flexibility index (Phi) is 4.53. The molecule has 0 aromatic carbocycles. The van der Waals surface area contributed by atoms with E-state index in [2.05, 4.69) is 21.7 Å². The van der Waals surface area contributed by atoms with Gasteiger partial charge in [0.15, 0.2) is 0 Å². The lowest BCUT2D eigenvalue weighted by Gasteiger charge is -2.27. The maximum atomic E-state index is 12.4. The zero-order valence-corrected chi connectivity index (χ0v) is 14.8. The van der Waals surface area contributed by atoms with Gasteiger partial charge in [-0.05, 0) is 47.4 Å². The number of carbonyl (C=O) groups is 2. The number of fused-ring (bicyclic) bond motifs is 1. The molecule has 0 saturated heterocycles. The number of aromatic nitrogens is 1. The van der Waals surface area contributed by atoms with E-state index in [4.69, 9.17) is 0 Å². The van der Waals surface area contributed by atoms with Crippen molar-refractivity contribution in [3.8, 4) is 0 Å². The molecule has 0 spiro atoms. The number of rotatable bonds is 5. The molecule has 4 rings (SSSR count). The molecule has 5 nitrogen and oxygen atoms in total. The molecule has 6 heteroatoms. The SMILES string of the molecule is O=C(NCCC(=O)N1CCc2sccc2C1)C1CC1c1cccnc1. The van der Waals surface area contributed by atoms with Crippen LogP contribution in [0, 0.1) is 5.92 Å². The van der Waals surface area contributed by atoms with E-state index < -0.39 is 0 Å². The first kappa shape index (κ1) is 16.3. The van der Waals surface area contributed by atoms with E-state index in [0.29, 0.717) is 19.5 Å². The van der Waals surface area contributed by atoms with Crippen molar-refractivity contribution in [1.82, 2.24) is 15.2 Å². The highest BCUT2D eigenvalue weighted by molar-refractivity contribution is 7.10. The first-order valence-corrected chi connectivity index (χ1v) is 9.61. The lowest BCUT2D eigenvalue weighted by atomic mass is 10.1. The molecule has 1 N–H and O–H groups in total. The molecule has 25 heavy (non-hydrogen) atoms. The minimum Gasteiger partial charge on any atom is -0.355 e. The van der Waals surface area contributed by atoms with E-state index >= 15 is 0 Å². The highest BCUT2D eigenvalue weighted by atomic mass is 32.1. The van der Waals surface area contributed by atoms with Gasteiger partial charge in [0.05, 0.1) is 0 Å². The van der Waals surface area contributed by atoms with Crippen molar-refractivity contribution < 1.29 is 9.59 Å². The largest absolute Gasteiger partial charge is 0.355 e. The fraction of sp³-hybridized carbons (Fsp3) is 0.421. The smallest absolute Gasteiger partial charge is 0.224 e. The van der Waals surface area contributed by atoms with Crippen LogP contribution in [-0.2, 0) is 22.6 Å². The van der Waals surface area contributed by atoms with E-state index in [1.165, 1.54) is 10.4 Å². The summed E-state index contributed by atoms with van der Waals surface area (Å²) < 4.78 is 0. The van der Waals surface area contributed by atoms with Gasteiger partial charge in [-0.25, -0.2) is 0 Å². The topological polar surface area (TPSA) is 62.3 Å². The molecule has 0 bridgehead atoms. The van der Waals surface area contributed by atoms with Crippen LogP contribution in [0.4, 0.5) is 0 Å². The molecule has 0 radical (unpaired) electrons. The van der Waals surface area contributed by atoms with Gasteiger partial charge < -0.3 is 10.2 Å². The van der Waals surface area contributed by atoms with Crippen LogP contribution in [-0.4, -0.2) is 34.8 Å². The second-order valence-corrected chi connectivity index (χ2v) is 7.71. The van der Waals surface area contributed by atoms with Crippen LogP contribution in [0.2, 0.25) is 0 Å². The van der Waals surface area contributed by atoms with Gasteiger partial charge in [-0.3, -0.25) is 14.6 Å². The van der Waals surface area contributed by atoms with Crippen molar-refractivity contribution in [2.75, 3.05) is 13.1 Å². The minimum atomic E-state index is 0.0302. The Bertz CT molecular complexity index is 774. The zero-order valence-electron chi connectivity index (χ0n) is 14.0. The Hall–Kier alpha value is -2.21. The summed E-state index contributed by atoms with van der Waals surface area (Å²) in [4.78, 5) is 32.0. The van der Waals surface area contributed by atoms with Crippen molar-refractivity contribution in [2.45, 2.75) is 31.7 Å². The van der Waals surface area contributed by atoms with Crippen LogP contribution in [0.3, 0.4) is 0 Å². The maximum absolute atomic E-state index is 12.4. The molecular formula is C19H21N3O2S. The van der Waals surface area contributed by atoms with Crippen molar-refractivity contribution >= 4 is 23.2 Å². The van der Waals surface area contributed by atoms with Gasteiger partial charge in [-0.1, -0.05) is 6.07 Å². The fourth-order valence-electron chi connectivity index (χ4n) is 3.49. The fourth-order valence-corrected chi connectivity index (χ4v) is 4.38. The first-order valence-electron chi connectivity index (χ1n) is 8.73. The molecule has 2 amide bonds. The van der Waals surface area contributed by atoms with Gasteiger partial charge in [0.2, 0.25) is 11.8 Å². The number of nitrogens with zero attached hydrogens (tertiary/aromatic N) is 2. The molecule has 130 valence electrons. The Morgan fingerprint density at radius 3 is 3.12 bits per heavy atom. The van der Waals surface area contributed by atoms with Gasteiger partial charge in [-0.2, -0.15) is 0 Å². The molecule has 2 atom stereocenters. The molecule has 1 saturated carbocycles. The van der Waals surface area contributed by atoms with Crippen LogP contribution < -0.4 is 5.32 Å². The molecule has 1 fully saturated rings. The summed E-state index contributed by atoms with van der Waals surface area (Å²) in [6.45, 7) is 1.91. The van der Waals surface area contributed by atoms with Gasteiger partial charge in [0.25, 0.3) is 0 Å². The molecule has 1 aliphatic heterocycles. The number of nitrogens with one attached hydrogen (secondary N) is 1. The number of amides is 2. The number of thiophene rings is 1. The number of hydrogen-bond donors (Lipinski definition) is 1. The van der Waals surface area contributed by atoms with Crippen LogP contribution in [0.25, 0.3) is 0 Å². The highest BCUT2D eigenvalue weighted by Crippen LogP contribution is 2.47. The van der Waals surface area contributed by atoms with Crippen molar-refractivity contribution in [3.63, 3.8) is 0 Å². The predicted molar refractivity (Wildman–Crippen MR) is 96.2 cm³/mol. The second-order valence-electron chi connectivity index (χ2n) is 6.71. The summed E-state index contributed by atoms with van der Waals surface area (Å²) in [5.41, 5.74) is 2.39. The molecule has 3 heterocycles. The third-order valence-electron chi connectivity index (χ3n) is 5.04. The lowest BCUT2D eigenvalue weighted by Crippen LogP contribution is -2.37. The van der Waals surface area contributed by atoms with Gasteiger partial charge in [0, 0.05) is 49.2 Å². The van der Waals surface area contributed by atoms with Crippen molar-refractivity contribution in [2.24, 2.45) is 5.92 Å². The number of carbonyl (C=O) groups excluding carboxylic acids is 2. The monoisotopic (exact) mass is 355 g/mol. The van der Waals surface area contributed by atoms with Gasteiger partial charge >= 0.3 is 0 Å². The molecule has 2 aliphatic rings. The van der Waals surface area contributed by atoms with Gasteiger partial charge in [0.1, 0.15) is 0 Å². The van der Waals surface area contributed by atoms with Crippen molar-refractivity contribution in [1.29, 1.82) is 0 Å². The Balaban J connectivity index is 1.21. The van der Waals surface area contributed by atoms with E-state index in [1.54, 1.807) is 17.5 Å². The Labute approximate surface area is 151 Å². The summed E-state index contributed by atoms with van der Waals surface area (Å²) in [6.07, 6.45) is 5.76. The average molecular weight is 355 g/mol. The average Bonchev–Trinajstić information content (AvgIpc) is 3.31. The summed E-state index contributed by atoms with van der Waals surface area (Å²) in [6, 6.07) is 6.02. The van der Waals surface area contributed by atoms with E-state index in [-0.39, 0.29) is 23.7 Å². The summed E-state index contributed by atoms with van der Waals surface area (Å²) in [5.74, 6) is 0.489. The lowest BCUT2D eigenvalue weighted by molar-refractivity contribution is -0.132. The van der Waals surface area contributed by atoms with Crippen LogP contribution in [0.15, 0.2) is 36.0 Å². The van der Waals surface area contributed by atoms with Crippen LogP contribution in [0.1, 0.15) is 34.8 Å². The second kappa shape index (κ2) is 6.96. The summed E-state index contributed by atoms with van der Waals surface area (Å²) >= 11 is 1.77. The molecule has 1 aliphatic carbocycles. The first-order chi connectivity index (χ1) is 12.2. The third kappa shape index (κ3) is 3.58. The van der Waals surface area contributed by atoms with E-state index in [9.17, 15) is 9.59 Å². The van der Waals surface area contributed by atoms with Crippen LogP contribution in [0.5, 0.6) is 0 Å². The molecule has 2 aromatic rings. The number of pyridine rings is 1. The quantitative estimate of drug-likeness (QED) is 0.895. The predicted octanol–water partition coefficient (Wildman–Crippen LogP) is 2.34. The normalized spacial score (nSPS) is 21.5. The van der Waals surface area contributed by atoms with Crippen molar-refractivity contribution in [3.05, 3.63) is 52.0 Å².